The van der Waals surface area contributed by atoms with E-state index in [2.05, 4.69) is 0 Å². The van der Waals surface area contributed by atoms with Crippen LogP contribution in [0.3, 0.4) is 0 Å². The van der Waals surface area contributed by atoms with E-state index in [9.17, 15) is 22.8 Å². The lowest BCUT2D eigenvalue weighted by atomic mass is 10.0. The van der Waals surface area contributed by atoms with Gasteiger partial charge >= 0.3 is 0 Å². The molecule has 0 unspecified atom stereocenters. The Labute approximate surface area is 201 Å². The molecule has 1 aliphatic heterocycles. The number of hydrogen-bond donors (Lipinski definition) is 0. The molecule has 1 fully saturated rings. The maximum Gasteiger partial charge on any atom is 0.237 e. The highest BCUT2D eigenvalue weighted by atomic mass is 32.2. The standard InChI is InChI=1S/C26H32N2O5S/c1-2-20-34(32,33)28(19-7-18-27-17-6-10-25(27)30)26(31)16-15-24(29)23-13-11-22(12-14-23)21-8-4-3-5-9-21/h3-5,8-9,11-14H,2,6-7,10,15-20H2,1H3. The van der Waals surface area contributed by atoms with Crippen LogP contribution in [-0.4, -0.2) is 60.6 Å². The first-order chi connectivity index (χ1) is 16.3. The van der Waals surface area contributed by atoms with Crippen molar-refractivity contribution < 1.29 is 22.8 Å². The third-order valence-electron chi connectivity index (χ3n) is 5.92. The highest BCUT2D eigenvalue weighted by Gasteiger charge is 2.27. The van der Waals surface area contributed by atoms with E-state index < -0.39 is 15.9 Å². The second-order valence-corrected chi connectivity index (χ2v) is 10.5. The number of rotatable bonds is 12. The van der Waals surface area contributed by atoms with Gasteiger partial charge in [-0.3, -0.25) is 14.4 Å². The van der Waals surface area contributed by atoms with Gasteiger partial charge < -0.3 is 4.90 Å². The van der Waals surface area contributed by atoms with Crippen LogP contribution in [0, 0.1) is 0 Å². The van der Waals surface area contributed by atoms with E-state index in [1.165, 1.54) is 0 Å². The van der Waals surface area contributed by atoms with Crippen LogP contribution in [0.25, 0.3) is 11.1 Å². The average Bonchev–Trinajstić information content (AvgIpc) is 3.25. The van der Waals surface area contributed by atoms with Crippen molar-refractivity contribution in [3.05, 3.63) is 60.2 Å². The molecule has 8 heteroatoms. The zero-order chi connectivity index (χ0) is 24.6. The van der Waals surface area contributed by atoms with Gasteiger partial charge in [-0.1, -0.05) is 61.5 Å². The van der Waals surface area contributed by atoms with Crippen LogP contribution in [0.2, 0.25) is 0 Å². The molecule has 3 rings (SSSR count). The molecule has 1 saturated heterocycles. The Hall–Kier alpha value is -3.00. The molecule has 1 aliphatic rings. The lowest BCUT2D eigenvalue weighted by molar-refractivity contribution is -0.127. The highest BCUT2D eigenvalue weighted by Crippen LogP contribution is 2.20. The van der Waals surface area contributed by atoms with E-state index >= 15 is 0 Å². The smallest absolute Gasteiger partial charge is 0.237 e. The first kappa shape index (κ1) is 25.6. The summed E-state index contributed by atoms with van der Waals surface area (Å²) in [6, 6.07) is 17.0. The van der Waals surface area contributed by atoms with E-state index in [1.54, 1.807) is 24.0 Å². The van der Waals surface area contributed by atoms with Crippen molar-refractivity contribution in [3.63, 3.8) is 0 Å². The maximum absolute atomic E-state index is 12.8. The van der Waals surface area contributed by atoms with E-state index in [0.717, 1.165) is 21.9 Å². The zero-order valence-corrected chi connectivity index (χ0v) is 20.4. The topological polar surface area (TPSA) is 91.8 Å². The molecule has 0 atom stereocenters. The van der Waals surface area contributed by atoms with Crippen LogP contribution in [0.4, 0.5) is 0 Å². The highest BCUT2D eigenvalue weighted by molar-refractivity contribution is 7.89. The minimum absolute atomic E-state index is 0.0188. The second-order valence-electron chi connectivity index (χ2n) is 8.49. The number of nitrogens with zero attached hydrogens (tertiary/aromatic N) is 2. The van der Waals surface area contributed by atoms with Gasteiger partial charge in [-0.2, -0.15) is 0 Å². The van der Waals surface area contributed by atoms with Gasteiger partial charge in [0.25, 0.3) is 0 Å². The Bertz CT molecular complexity index is 1100. The van der Waals surface area contributed by atoms with Crippen LogP contribution in [-0.2, 0) is 19.6 Å². The van der Waals surface area contributed by atoms with E-state index in [4.69, 9.17) is 0 Å². The molecule has 34 heavy (non-hydrogen) atoms. The largest absolute Gasteiger partial charge is 0.343 e. The first-order valence-electron chi connectivity index (χ1n) is 11.8. The summed E-state index contributed by atoms with van der Waals surface area (Å²) in [5.74, 6) is -0.840. The summed E-state index contributed by atoms with van der Waals surface area (Å²) in [6.45, 7) is 2.86. The molecular weight excluding hydrogens is 452 g/mol. The first-order valence-corrected chi connectivity index (χ1v) is 13.4. The van der Waals surface area contributed by atoms with Gasteiger partial charge in [-0.25, -0.2) is 12.7 Å². The fourth-order valence-corrected chi connectivity index (χ4v) is 5.65. The van der Waals surface area contributed by atoms with Crippen molar-refractivity contribution in [2.75, 3.05) is 25.4 Å². The third kappa shape index (κ3) is 6.76. The lowest BCUT2D eigenvalue weighted by Gasteiger charge is -2.24. The summed E-state index contributed by atoms with van der Waals surface area (Å²) in [4.78, 5) is 39.0. The lowest BCUT2D eigenvalue weighted by Crippen LogP contribution is -2.40. The summed E-state index contributed by atoms with van der Waals surface area (Å²) < 4.78 is 26.3. The Kier molecular flexibility index (Phi) is 8.98. The molecule has 2 aromatic carbocycles. The van der Waals surface area contributed by atoms with E-state index in [0.29, 0.717) is 37.9 Å². The number of Topliss-reactive ketones (excluding diaryl/α,β-unsaturated/α-hetero) is 1. The minimum atomic E-state index is -3.76. The summed E-state index contributed by atoms with van der Waals surface area (Å²) in [7, 11) is -3.76. The maximum atomic E-state index is 12.8. The van der Waals surface area contributed by atoms with Crippen LogP contribution in [0.1, 0.15) is 55.8 Å². The van der Waals surface area contributed by atoms with Crippen LogP contribution < -0.4 is 0 Å². The van der Waals surface area contributed by atoms with Crippen molar-refractivity contribution in [1.82, 2.24) is 9.21 Å². The quantitative estimate of drug-likeness (QED) is 0.426. The van der Waals surface area contributed by atoms with Crippen molar-refractivity contribution in [2.24, 2.45) is 0 Å². The molecule has 0 radical (unpaired) electrons. The Morgan fingerprint density at radius 2 is 1.65 bits per heavy atom. The molecule has 0 aliphatic carbocycles. The molecule has 2 amide bonds. The average molecular weight is 485 g/mol. The number of sulfonamides is 1. The fraction of sp³-hybridized carbons (Fsp3) is 0.423. The van der Waals surface area contributed by atoms with Crippen molar-refractivity contribution in [1.29, 1.82) is 0 Å². The summed E-state index contributed by atoms with van der Waals surface area (Å²) in [6.07, 6.45) is 1.87. The van der Waals surface area contributed by atoms with E-state index in [-0.39, 0.29) is 36.8 Å². The van der Waals surface area contributed by atoms with Crippen molar-refractivity contribution >= 4 is 27.6 Å². The molecular formula is C26H32N2O5S. The number of likely N-dealkylation sites (tertiary alicyclic amines) is 1. The number of ketones is 1. The number of amides is 2. The van der Waals surface area contributed by atoms with Crippen LogP contribution in [0.15, 0.2) is 54.6 Å². The molecule has 0 bridgehead atoms. The summed E-state index contributed by atoms with van der Waals surface area (Å²) in [5.41, 5.74) is 2.52. The van der Waals surface area contributed by atoms with Gasteiger partial charge in [-0.15, -0.1) is 0 Å². The predicted octanol–water partition coefficient (Wildman–Crippen LogP) is 3.90. The molecule has 1 heterocycles. The van der Waals surface area contributed by atoms with E-state index in [1.807, 2.05) is 42.5 Å². The number of carbonyl (C=O) groups is 3. The normalized spacial score (nSPS) is 13.8. The van der Waals surface area contributed by atoms with Gasteiger partial charge in [0.2, 0.25) is 21.8 Å². The van der Waals surface area contributed by atoms with Gasteiger partial charge in [0.1, 0.15) is 0 Å². The van der Waals surface area contributed by atoms with Gasteiger partial charge in [0, 0.05) is 44.5 Å². The third-order valence-corrected chi connectivity index (χ3v) is 7.90. The van der Waals surface area contributed by atoms with Crippen LogP contribution in [0.5, 0.6) is 0 Å². The minimum Gasteiger partial charge on any atom is -0.343 e. The molecule has 0 saturated carbocycles. The van der Waals surface area contributed by atoms with Gasteiger partial charge in [0.15, 0.2) is 5.78 Å². The molecule has 0 spiro atoms. The SMILES string of the molecule is CCCS(=O)(=O)N(CCCN1CCCC1=O)C(=O)CCC(=O)c1ccc(-c2ccccc2)cc1. The van der Waals surface area contributed by atoms with Gasteiger partial charge in [-0.05, 0) is 30.4 Å². The molecule has 2 aromatic rings. The summed E-state index contributed by atoms with van der Waals surface area (Å²) >= 11 is 0. The van der Waals surface area contributed by atoms with Gasteiger partial charge in [0.05, 0.1) is 5.75 Å². The fourth-order valence-electron chi connectivity index (χ4n) is 4.10. The Balaban J connectivity index is 1.59. The predicted molar refractivity (Wildman–Crippen MR) is 132 cm³/mol. The number of hydrogen-bond acceptors (Lipinski definition) is 5. The molecule has 7 nitrogen and oxygen atoms in total. The number of benzene rings is 2. The Morgan fingerprint density at radius 1 is 0.971 bits per heavy atom. The van der Waals surface area contributed by atoms with Crippen molar-refractivity contribution in [3.8, 4) is 11.1 Å². The number of carbonyl (C=O) groups excluding carboxylic acids is 3. The van der Waals surface area contributed by atoms with Crippen molar-refractivity contribution in [2.45, 2.75) is 45.4 Å². The van der Waals surface area contributed by atoms with Crippen LogP contribution >= 0.6 is 0 Å². The molecule has 182 valence electrons. The zero-order valence-electron chi connectivity index (χ0n) is 19.6. The monoisotopic (exact) mass is 484 g/mol. The second kappa shape index (κ2) is 11.9. The molecule has 0 aromatic heterocycles. The Morgan fingerprint density at radius 3 is 2.26 bits per heavy atom. The molecule has 0 N–H and O–H groups in total. The summed E-state index contributed by atoms with van der Waals surface area (Å²) in [5, 5.41) is 0.